The van der Waals surface area contributed by atoms with Gasteiger partial charge in [-0.3, -0.25) is 0 Å². The molecule has 0 amide bonds. The van der Waals surface area contributed by atoms with E-state index in [1.807, 2.05) is 0 Å². The molecule has 0 unspecified atom stereocenters. The smallest absolute Gasteiger partial charge is 0.418 e. The number of hydrogen-bond donors (Lipinski definition) is 0. The summed E-state index contributed by atoms with van der Waals surface area (Å²) < 4.78 is 90.6. The van der Waals surface area contributed by atoms with Crippen molar-refractivity contribution in [3.8, 4) is 12.1 Å². The van der Waals surface area contributed by atoms with E-state index in [1.165, 1.54) is 21.6 Å². The molecule has 0 saturated carbocycles. The first-order valence-electron chi connectivity index (χ1n) is 11.8. The second-order valence-electron chi connectivity index (χ2n) is 8.60. The zero-order valence-electron chi connectivity index (χ0n) is 23.8. The molecule has 2 rings (SSSR count). The molecule has 0 N–H and O–H groups in total. The van der Waals surface area contributed by atoms with Crippen LogP contribution in [0, 0.1) is 30.4 Å². The summed E-state index contributed by atoms with van der Waals surface area (Å²) in [4.78, 5) is 0. The summed E-state index contributed by atoms with van der Waals surface area (Å²) in [6, 6.07) is 5.44. The second-order valence-corrected chi connectivity index (χ2v) is 10.4. The van der Waals surface area contributed by atoms with Crippen LogP contribution in [0.5, 0.6) is 0 Å². The molecule has 0 aliphatic rings. The Morgan fingerprint density at radius 2 is 0.667 bits per heavy atom. The summed E-state index contributed by atoms with van der Waals surface area (Å²) in [7, 11) is -12.0. The van der Waals surface area contributed by atoms with E-state index in [9.17, 15) is 34.5 Å². The molecule has 0 bridgehead atoms. The van der Waals surface area contributed by atoms with Gasteiger partial charge in [-0.1, -0.05) is 0 Å². The monoisotopic (exact) mass is 666 g/mol. The Kier molecular flexibility index (Phi) is 20.7. The molecule has 0 saturated heterocycles. The quantitative estimate of drug-likeness (QED) is 0.242. The number of imidazole rings is 2. The molecular weight excluding hydrogens is 628 g/mol. The minimum absolute atomic E-state index is 0.398. The van der Waals surface area contributed by atoms with E-state index in [0.29, 0.717) is 41.2 Å². The van der Waals surface area contributed by atoms with Crippen molar-refractivity contribution < 1.29 is 51.6 Å². The molecule has 0 aliphatic heterocycles. The third-order valence-corrected chi connectivity index (χ3v) is 6.23. The van der Waals surface area contributed by atoms with Crippen molar-refractivity contribution in [3.63, 3.8) is 0 Å². The van der Waals surface area contributed by atoms with E-state index in [-0.39, 0.29) is 0 Å². The molecule has 0 radical (unpaired) electrons. The van der Waals surface area contributed by atoms with E-state index in [4.69, 9.17) is 10.5 Å². The zero-order chi connectivity index (χ0) is 31.7. The van der Waals surface area contributed by atoms with Crippen molar-refractivity contribution in [2.75, 3.05) is 0 Å². The van der Waals surface area contributed by atoms with Crippen molar-refractivity contribution in [2.45, 2.75) is 93.4 Å². The van der Waals surface area contributed by atoms with Crippen LogP contribution in [0.4, 0.5) is 34.5 Å². The van der Waals surface area contributed by atoms with Gasteiger partial charge in [0, 0.05) is 13.8 Å². The molecule has 17 heteroatoms. The molecular formula is C22H38B2F8N6Pd-2. The first-order valence-corrected chi connectivity index (χ1v) is 13.3. The third kappa shape index (κ3) is 21.2. The van der Waals surface area contributed by atoms with Gasteiger partial charge in [-0.05, 0) is 0 Å². The van der Waals surface area contributed by atoms with E-state index in [2.05, 4.69) is 98.4 Å². The van der Waals surface area contributed by atoms with Gasteiger partial charge in [0.1, 0.15) is 0 Å². The molecule has 0 atom stereocenters. The van der Waals surface area contributed by atoms with Crippen LogP contribution in [0.1, 0.15) is 93.4 Å². The van der Waals surface area contributed by atoms with Crippen LogP contribution in [-0.2, 0) is 17.1 Å². The SMILES string of the molecule is CC#N.CC#N.CC(C)n1ccn(C(C)C)[c]1=[Pd]=[c]1n(C(C)C)ccn1C(C)C.F[B-](F)(F)F.F[B-](F)(F)F. The number of nitrogens with zero attached hydrogens (tertiary/aromatic N) is 6. The number of rotatable bonds is 4. The molecule has 0 aliphatic carbocycles. The molecule has 230 valence electrons. The van der Waals surface area contributed by atoms with Gasteiger partial charge < -0.3 is 34.5 Å². The van der Waals surface area contributed by atoms with Gasteiger partial charge in [-0.2, -0.15) is 10.5 Å². The minimum Gasteiger partial charge on any atom is -0.418 e. The zero-order valence-corrected chi connectivity index (χ0v) is 25.4. The fourth-order valence-electron chi connectivity index (χ4n) is 2.49. The van der Waals surface area contributed by atoms with Crippen molar-refractivity contribution in [3.05, 3.63) is 32.6 Å². The summed E-state index contributed by atoms with van der Waals surface area (Å²) in [5.74, 6) is 0. The summed E-state index contributed by atoms with van der Waals surface area (Å²) in [5, 5.41) is 14.6. The van der Waals surface area contributed by atoms with Crippen LogP contribution in [-0.4, -0.2) is 32.8 Å². The summed E-state index contributed by atoms with van der Waals surface area (Å²) in [6.45, 7) is 21.0. The minimum atomic E-state index is -6.00. The standard InChI is InChI=1S/2C9H16N2.2C2H3N.2BF4.Pd/c2*1-8(2)10-5-6-11(7-10)9(3)4;2*1-2-3;2*2-1(3,4)5;/h2*5-6,8-9H,1-4H3;2*1H3;;;/q;;;;2*-1;. The molecule has 0 spiro atoms. The maximum absolute atomic E-state index is 9.75. The molecule has 39 heavy (non-hydrogen) atoms. The van der Waals surface area contributed by atoms with Crippen LogP contribution in [0.3, 0.4) is 0 Å². The van der Waals surface area contributed by atoms with Crippen LogP contribution in [0.25, 0.3) is 0 Å². The molecule has 6 nitrogen and oxygen atoms in total. The molecule has 2 aromatic heterocycles. The van der Waals surface area contributed by atoms with Gasteiger partial charge in [-0.25, -0.2) is 0 Å². The van der Waals surface area contributed by atoms with E-state index in [0.717, 1.165) is 0 Å². The first-order chi connectivity index (χ1) is 17.6. The van der Waals surface area contributed by atoms with Crippen LogP contribution in [0.15, 0.2) is 24.8 Å². The van der Waals surface area contributed by atoms with Gasteiger partial charge in [0.25, 0.3) is 0 Å². The summed E-state index contributed by atoms with van der Waals surface area (Å²) >= 11 is 0.398. The number of halogens is 8. The van der Waals surface area contributed by atoms with Gasteiger partial charge in [0.15, 0.2) is 0 Å². The number of nitriles is 2. The molecule has 0 aromatic carbocycles. The average molecular weight is 667 g/mol. The Morgan fingerprint density at radius 3 is 0.769 bits per heavy atom. The first kappa shape index (κ1) is 41.1. The molecule has 2 heterocycles. The Hall–Kier alpha value is -2.37. The van der Waals surface area contributed by atoms with Crippen LogP contribution < -0.4 is 0 Å². The van der Waals surface area contributed by atoms with Crippen molar-refractivity contribution in [1.29, 1.82) is 10.5 Å². The van der Waals surface area contributed by atoms with Gasteiger partial charge in [0.2, 0.25) is 0 Å². The van der Waals surface area contributed by atoms with Gasteiger partial charge in [0.05, 0.1) is 12.1 Å². The van der Waals surface area contributed by atoms with Crippen LogP contribution >= 0.6 is 0 Å². The van der Waals surface area contributed by atoms with Gasteiger partial charge >= 0.3 is 162 Å². The maximum Gasteiger partial charge on any atom is 0.673 e. The van der Waals surface area contributed by atoms with Crippen molar-refractivity contribution >= 4 is 14.5 Å². The second kappa shape index (κ2) is 19.7. The van der Waals surface area contributed by atoms with E-state index >= 15 is 0 Å². The van der Waals surface area contributed by atoms with Gasteiger partial charge in [-0.15, -0.1) is 0 Å². The van der Waals surface area contributed by atoms with E-state index in [1.54, 1.807) is 12.1 Å². The predicted octanol–water partition coefficient (Wildman–Crippen LogP) is 8.72. The molecule has 2 aromatic rings. The van der Waals surface area contributed by atoms with Crippen molar-refractivity contribution in [2.24, 2.45) is 0 Å². The Labute approximate surface area is 232 Å². The average Bonchev–Trinajstić information content (AvgIpc) is 3.31. The predicted molar refractivity (Wildman–Crippen MR) is 136 cm³/mol. The molecule has 0 fully saturated rings. The summed E-state index contributed by atoms with van der Waals surface area (Å²) in [5.41, 5.74) is 0. The Bertz CT molecular complexity index is 1010. The summed E-state index contributed by atoms with van der Waals surface area (Å²) in [6.07, 6.45) is 8.95. The normalized spacial score (nSPS) is 10.9. The third-order valence-electron chi connectivity index (χ3n) is 3.93. The largest absolute Gasteiger partial charge is 0.673 e. The number of hydrogen-bond acceptors (Lipinski definition) is 2. The number of aromatic nitrogens is 4. The van der Waals surface area contributed by atoms with E-state index < -0.39 is 14.5 Å². The Morgan fingerprint density at radius 1 is 0.538 bits per heavy atom. The van der Waals surface area contributed by atoms with Crippen LogP contribution in [0.2, 0.25) is 0 Å². The topological polar surface area (TPSA) is 67.3 Å². The Balaban J connectivity index is -0.000000665. The fraction of sp³-hybridized carbons (Fsp3) is 0.636. The van der Waals surface area contributed by atoms with Crippen molar-refractivity contribution in [1.82, 2.24) is 18.3 Å². The fourth-order valence-corrected chi connectivity index (χ4v) is 5.67. The maximum atomic E-state index is 9.75.